The summed E-state index contributed by atoms with van der Waals surface area (Å²) < 4.78 is 5.54. The van der Waals surface area contributed by atoms with E-state index in [1.807, 2.05) is 6.07 Å². The van der Waals surface area contributed by atoms with Crippen LogP contribution in [0, 0.1) is 0 Å². The molecule has 0 aliphatic heterocycles. The molecular formula is C16H28N2O. The van der Waals surface area contributed by atoms with E-state index in [1.165, 1.54) is 32.1 Å². The van der Waals surface area contributed by atoms with E-state index in [-0.39, 0.29) is 0 Å². The minimum Gasteiger partial charge on any atom is -0.468 e. The van der Waals surface area contributed by atoms with Crippen LogP contribution in [-0.4, -0.2) is 31.1 Å². The molecular weight excluding hydrogens is 236 g/mol. The van der Waals surface area contributed by atoms with Crippen molar-refractivity contribution in [2.24, 2.45) is 0 Å². The molecule has 1 unspecified atom stereocenters. The van der Waals surface area contributed by atoms with Gasteiger partial charge in [-0.25, -0.2) is 0 Å². The normalized spacial score (nSPS) is 20.6. The lowest BCUT2D eigenvalue weighted by Gasteiger charge is -2.44. The smallest absolute Gasteiger partial charge is 0.120 e. The maximum absolute atomic E-state index is 5.54. The van der Waals surface area contributed by atoms with Gasteiger partial charge in [-0.3, -0.25) is 0 Å². The van der Waals surface area contributed by atoms with Gasteiger partial charge in [-0.1, -0.05) is 26.2 Å². The van der Waals surface area contributed by atoms with Crippen molar-refractivity contribution in [3.8, 4) is 0 Å². The van der Waals surface area contributed by atoms with Gasteiger partial charge in [0.15, 0.2) is 0 Å². The van der Waals surface area contributed by atoms with Crippen LogP contribution in [0.2, 0.25) is 0 Å². The molecule has 1 aromatic heterocycles. The van der Waals surface area contributed by atoms with Crippen LogP contribution in [0.15, 0.2) is 22.8 Å². The molecule has 1 aliphatic rings. The average molecular weight is 264 g/mol. The van der Waals surface area contributed by atoms with Crippen molar-refractivity contribution in [2.75, 3.05) is 20.6 Å². The van der Waals surface area contributed by atoms with E-state index in [0.29, 0.717) is 11.6 Å². The number of hydrogen-bond acceptors (Lipinski definition) is 3. The number of nitrogens with one attached hydrogen (secondary N) is 1. The lowest BCUT2D eigenvalue weighted by Crippen LogP contribution is -2.53. The molecule has 1 saturated carbocycles. The monoisotopic (exact) mass is 264 g/mol. The summed E-state index contributed by atoms with van der Waals surface area (Å²) in [5.41, 5.74) is 0.332. The average Bonchev–Trinajstić information content (AvgIpc) is 2.94. The minimum atomic E-state index is 0.332. The molecule has 108 valence electrons. The number of nitrogens with zero attached hydrogens (tertiary/aromatic N) is 1. The topological polar surface area (TPSA) is 28.4 Å². The Morgan fingerprint density at radius 2 is 2.05 bits per heavy atom. The Kier molecular flexibility index (Phi) is 5.06. The summed E-state index contributed by atoms with van der Waals surface area (Å²) in [5.74, 6) is 1.06. The standard InChI is InChI=1S/C16H28N2O/c1-4-14(15-9-8-12-19-15)17-13-16(18(2)3)10-6-5-7-11-16/h8-9,12,14,17H,4-7,10-11,13H2,1-3H3. The largest absolute Gasteiger partial charge is 0.468 e. The van der Waals surface area contributed by atoms with E-state index < -0.39 is 0 Å². The first-order chi connectivity index (χ1) is 9.18. The second-order valence-electron chi connectivity index (χ2n) is 6.04. The first kappa shape index (κ1) is 14.6. The molecule has 19 heavy (non-hydrogen) atoms. The van der Waals surface area contributed by atoms with Crippen LogP contribution in [0.5, 0.6) is 0 Å². The van der Waals surface area contributed by atoms with Crippen molar-refractivity contribution in [1.82, 2.24) is 10.2 Å². The SMILES string of the molecule is CCC(NCC1(N(C)C)CCCCC1)c1ccco1. The van der Waals surface area contributed by atoms with Gasteiger partial charge in [0.2, 0.25) is 0 Å². The van der Waals surface area contributed by atoms with Gasteiger partial charge in [-0.15, -0.1) is 0 Å². The van der Waals surface area contributed by atoms with Crippen molar-refractivity contribution >= 4 is 0 Å². The van der Waals surface area contributed by atoms with Gasteiger partial charge in [-0.05, 0) is 45.5 Å². The summed E-state index contributed by atoms with van der Waals surface area (Å²) in [6, 6.07) is 4.39. The van der Waals surface area contributed by atoms with E-state index in [1.54, 1.807) is 6.26 Å². The highest BCUT2D eigenvalue weighted by Gasteiger charge is 2.34. The van der Waals surface area contributed by atoms with Gasteiger partial charge in [0.05, 0.1) is 12.3 Å². The van der Waals surface area contributed by atoms with Gasteiger partial charge in [0, 0.05) is 12.1 Å². The van der Waals surface area contributed by atoms with Crippen LogP contribution in [0.25, 0.3) is 0 Å². The second-order valence-corrected chi connectivity index (χ2v) is 6.04. The van der Waals surface area contributed by atoms with Crippen LogP contribution < -0.4 is 5.32 Å². The molecule has 0 radical (unpaired) electrons. The molecule has 3 heteroatoms. The van der Waals surface area contributed by atoms with Crippen LogP contribution in [-0.2, 0) is 0 Å². The van der Waals surface area contributed by atoms with Crippen molar-refractivity contribution < 1.29 is 4.42 Å². The molecule has 1 aromatic rings. The highest BCUT2D eigenvalue weighted by atomic mass is 16.3. The maximum Gasteiger partial charge on any atom is 0.120 e. The third-order valence-electron chi connectivity index (χ3n) is 4.71. The summed E-state index contributed by atoms with van der Waals surface area (Å²) >= 11 is 0. The highest BCUT2D eigenvalue weighted by Crippen LogP contribution is 2.32. The molecule has 3 nitrogen and oxygen atoms in total. The quantitative estimate of drug-likeness (QED) is 0.851. The zero-order valence-corrected chi connectivity index (χ0v) is 12.6. The molecule has 0 bridgehead atoms. The Bertz CT molecular complexity index is 353. The van der Waals surface area contributed by atoms with Gasteiger partial charge < -0.3 is 14.6 Å². The van der Waals surface area contributed by atoms with Crippen LogP contribution in [0.1, 0.15) is 57.3 Å². The first-order valence-corrected chi connectivity index (χ1v) is 7.62. The number of rotatable bonds is 6. The summed E-state index contributed by atoms with van der Waals surface area (Å²) in [7, 11) is 4.45. The predicted molar refractivity (Wildman–Crippen MR) is 79.2 cm³/mol. The van der Waals surface area contributed by atoms with Gasteiger partial charge >= 0.3 is 0 Å². The van der Waals surface area contributed by atoms with Crippen LogP contribution >= 0.6 is 0 Å². The first-order valence-electron chi connectivity index (χ1n) is 7.62. The fourth-order valence-corrected chi connectivity index (χ4v) is 3.24. The Morgan fingerprint density at radius 1 is 1.32 bits per heavy atom. The molecule has 1 atom stereocenters. The molecule has 1 heterocycles. The Hall–Kier alpha value is -0.800. The number of hydrogen-bond donors (Lipinski definition) is 1. The Morgan fingerprint density at radius 3 is 2.58 bits per heavy atom. The molecule has 1 N–H and O–H groups in total. The maximum atomic E-state index is 5.54. The van der Waals surface area contributed by atoms with E-state index in [2.05, 4.69) is 37.3 Å². The third kappa shape index (κ3) is 3.40. The molecule has 0 aromatic carbocycles. The predicted octanol–water partition coefficient (Wildman–Crippen LogP) is 3.58. The zero-order valence-electron chi connectivity index (χ0n) is 12.6. The van der Waals surface area contributed by atoms with Gasteiger partial charge in [-0.2, -0.15) is 0 Å². The summed E-state index contributed by atoms with van der Waals surface area (Å²) in [6.45, 7) is 3.27. The third-order valence-corrected chi connectivity index (χ3v) is 4.71. The number of furan rings is 1. The fourth-order valence-electron chi connectivity index (χ4n) is 3.24. The molecule has 1 aliphatic carbocycles. The summed E-state index contributed by atoms with van der Waals surface area (Å²) in [6.07, 6.45) is 9.56. The van der Waals surface area contributed by atoms with E-state index >= 15 is 0 Å². The summed E-state index contributed by atoms with van der Waals surface area (Å²) in [5, 5.41) is 3.73. The van der Waals surface area contributed by atoms with Crippen molar-refractivity contribution in [3.63, 3.8) is 0 Å². The molecule has 0 amide bonds. The minimum absolute atomic E-state index is 0.332. The number of likely N-dealkylation sites (N-methyl/N-ethyl adjacent to an activating group) is 1. The van der Waals surface area contributed by atoms with Crippen molar-refractivity contribution in [3.05, 3.63) is 24.2 Å². The molecule has 1 fully saturated rings. The Balaban J connectivity index is 1.98. The van der Waals surface area contributed by atoms with Crippen LogP contribution in [0.3, 0.4) is 0 Å². The Labute approximate surface area is 117 Å². The van der Waals surface area contributed by atoms with Crippen LogP contribution in [0.4, 0.5) is 0 Å². The molecule has 0 saturated heterocycles. The van der Waals surface area contributed by atoms with E-state index in [9.17, 15) is 0 Å². The van der Waals surface area contributed by atoms with E-state index in [4.69, 9.17) is 4.42 Å². The van der Waals surface area contributed by atoms with E-state index in [0.717, 1.165) is 18.7 Å². The zero-order chi connectivity index (χ0) is 13.7. The lowest BCUT2D eigenvalue weighted by atomic mass is 9.80. The van der Waals surface area contributed by atoms with Crippen molar-refractivity contribution in [1.29, 1.82) is 0 Å². The fraction of sp³-hybridized carbons (Fsp3) is 0.750. The van der Waals surface area contributed by atoms with Gasteiger partial charge in [0.1, 0.15) is 5.76 Å². The van der Waals surface area contributed by atoms with Gasteiger partial charge in [0.25, 0.3) is 0 Å². The summed E-state index contributed by atoms with van der Waals surface area (Å²) in [4.78, 5) is 2.42. The molecule has 2 rings (SSSR count). The lowest BCUT2D eigenvalue weighted by molar-refractivity contribution is 0.0938. The highest BCUT2D eigenvalue weighted by molar-refractivity contribution is 5.05. The van der Waals surface area contributed by atoms with Crippen molar-refractivity contribution in [2.45, 2.75) is 57.0 Å². The second kappa shape index (κ2) is 6.58. The molecule has 0 spiro atoms.